The summed E-state index contributed by atoms with van der Waals surface area (Å²) >= 11 is 0. The van der Waals surface area contributed by atoms with Crippen molar-refractivity contribution in [3.05, 3.63) is 58.7 Å². The topological polar surface area (TPSA) is 33.0 Å². The first-order valence-corrected chi connectivity index (χ1v) is 5.86. The van der Waals surface area contributed by atoms with Crippen molar-refractivity contribution < 1.29 is 4.74 Å². The first-order chi connectivity index (χ1) is 8.60. The second-order valence-corrected chi connectivity index (χ2v) is 4.44. The largest absolute Gasteiger partial charge is 0.457 e. The molecule has 0 aliphatic carbocycles. The zero-order chi connectivity index (χ0) is 13.1. The van der Waals surface area contributed by atoms with Crippen LogP contribution in [-0.2, 0) is 0 Å². The van der Waals surface area contributed by atoms with Crippen molar-refractivity contribution in [3.63, 3.8) is 0 Å². The Kier molecular flexibility index (Phi) is 3.34. The molecule has 0 spiro atoms. The fourth-order valence-corrected chi connectivity index (χ4v) is 1.74. The summed E-state index contributed by atoms with van der Waals surface area (Å²) < 4.78 is 5.79. The van der Waals surface area contributed by atoms with Crippen molar-refractivity contribution >= 4 is 0 Å². The van der Waals surface area contributed by atoms with Gasteiger partial charge in [0.1, 0.15) is 11.5 Å². The molecule has 0 aromatic heterocycles. The molecule has 0 fully saturated rings. The van der Waals surface area contributed by atoms with Gasteiger partial charge in [0, 0.05) is 0 Å². The Labute approximate surface area is 107 Å². The van der Waals surface area contributed by atoms with Crippen LogP contribution in [0.5, 0.6) is 11.5 Å². The van der Waals surface area contributed by atoms with Gasteiger partial charge >= 0.3 is 0 Å². The highest BCUT2D eigenvalue weighted by molar-refractivity contribution is 5.44. The summed E-state index contributed by atoms with van der Waals surface area (Å²) in [6.07, 6.45) is 0. The molecule has 0 N–H and O–H groups in total. The summed E-state index contributed by atoms with van der Waals surface area (Å²) in [6, 6.07) is 13.6. The fraction of sp³-hybridized carbons (Fsp3) is 0.188. The van der Waals surface area contributed by atoms with Gasteiger partial charge in [-0.1, -0.05) is 6.07 Å². The molecule has 2 rings (SSSR count). The summed E-state index contributed by atoms with van der Waals surface area (Å²) in [5.41, 5.74) is 4.07. The number of hydrogen-bond donors (Lipinski definition) is 0. The molecule has 90 valence electrons. The molecule has 2 nitrogen and oxygen atoms in total. The van der Waals surface area contributed by atoms with E-state index in [4.69, 9.17) is 10.00 Å². The molecule has 0 saturated heterocycles. The average molecular weight is 237 g/mol. The predicted molar refractivity (Wildman–Crippen MR) is 71.9 cm³/mol. The van der Waals surface area contributed by atoms with Crippen molar-refractivity contribution in [1.29, 1.82) is 5.26 Å². The van der Waals surface area contributed by atoms with E-state index in [0.717, 1.165) is 17.1 Å². The van der Waals surface area contributed by atoms with Gasteiger partial charge in [-0.2, -0.15) is 5.26 Å². The predicted octanol–water partition coefficient (Wildman–Crippen LogP) is 4.28. The highest BCUT2D eigenvalue weighted by Crippen LogP contribution is 2.25. The third kappa shape index (κ3) is 2.52. The van der Waals surface area contributed by atoms with E-state index in [2.05, 4.69) is 19.9 Å². The van der Waals surface area contributed by atoms with Gasteiger partial charge in [-0.25, -0.2) is 0 Å². The van der Waals surface area contributed by atoms with E-state index in [1.807, 2.05) is 37.3 Å². The molecular weight excluding hydrogens is 222 g/mol. The summed E-state index contributed by atoms with van der Waals surface area (Å²) in [7, 11) is 0. The van der Waals surface area contributed by atoms with Gasteiger partial charge in [-0.3, -0.25) is 0 Å². The van der Waals surface area contributed by atoms with Crippen LogP contribution >= 0.6 is 0 Å². The maximum atomic E-state index is 8.88. The van der Waals surface area contributed by atoms with Crippen LogP contribution in [0.1, 0.15) is 22.3 Å². The Hall–Kier alpha value is -2.27. The Bertz CT molecular complexity index is 623. The molecule has 0 aliphatic rings. The summed E-state index contributed by atoms with van der Waals surface area (Å²) in [6.45, 7) is 6.04. The minimum absolute atomic E-state index is 0.683. The van der Waals surface area contributed by atoms with Crippen LogP contribution in [0.15, 0.2) is 36.4 Å². The number of hydrogen-bond acceptors (Lipinski definition) is 2. The maximum Gasteiger partial charge on any atom is 0.127 e. The first kappa shape index (κ1) is 12.2. The van der Waals surface area contributed by atoms with Crippen molar-refractivity contribution in [2.45, 2.75) is 20.8 Å². The second kappa shape index (κ2) is 4.93. The molecule has 2 aromatic carbocycles. The molecule has 0 bridgehead atoms. The minimum atomic E-state index is 0.683. The van der Waals surface area contributed by atoms with E-state index in [9.17, 15) is 0 Å². The zero-order valence-electron chi connectivity index (χ0n) is 10.8. The van der Waals surface area contributed by atoms with Crippen LogP contribution in [0.2, 0.25) is 0 Å². The second-order valence-electron chi connectivity index (χ2n) is 4.44. The van der Waals surface area contributed by atoms with Crippen molar-refractivity contribution in [2.75, 3.05) is 0 Å². The quantitative estimate of drug-likeness (QED) is 0.781. The number of nitriles is 1. The van der Waals surface area contributed by atoms with E-state index in [1.165, 1.54) is 11.1 Å². The van der Waals surface area contributed by atoms with Crippen LogP contribution in [0.25, 0.3) is 0 Å². The minimum Gasteiger partial charge on any atom is -0.457 e. The zero-order valence-corrected chi connectivity index (χ0v) is 10.8. The molecular formula is C16H15NO. The van der Waals surface area contributed by atoms with Crippen molar-refractivity contribution in [3.8, 4) is 17.6 Å². The maximum absolute atomic E-state index is 8.88. The molecule has 0 atom stereocenters. The van der Waals surface area contributed by atoms with Crippen LogP contribution in [-0.4, -0.2) is 0 Å². The van der Waals surface area contributed by atoms with Crippen molar-refractivity contribution in [1.82, 2.24) is 0 Å². The number of benzene rings is 2. The van der Waals surface area contributed by atoms with Gasteiger partial charge in [0.2, 0.25) is 0 Å². The number of aryl methyl sites for hydroxylation is 3. The van der Waals surface area contributed by atoms with Gasteiger partial charge in [0.05, 0.1) is 11.6 Å². The van der Waals surface area contributed by atoms with Crippen LogP contribution in [0.3, 0.4) is 0 Å². The average Bonchev–Trinajstić information content (AvgIpc) is 2.34. The summed E-state index contributed by atoms with van der Waals surface area (Å²) in [5, 5.41) is 8.88. The number of rotatable bonds is 2. The molecule has 18 heavy (non-hydrogen) atoms. The van der Waals surface area contributed by atoms with Gasteiger partial charge in [-0.15, -0.1) is 0 Å². The van der Waals surface area contributed by atoms with Gasteiger partial charge in [0.15, 0.2) is 0 Å². The van der Waals surface area contributed by atoms with E-state index in [-0.39, 0.29) is 0 Å². The van der Waals surface area contributed by atoms with Gasteiger partial charge in [0.25, 0.3) is 0 Å². The van der Waals surface area contributed by atoms with E-state index >= 15 is 0 Å². The summed E-state index contributed by atoms with van der Waals surface area (Å²) in [4.78, 5) is 0. The number of nitrogens with zero attached hydrogens (tertiary/aromatic N) is 1. The van der Waals surface area contributed by atoms with Crippen LogP contribution in [0.4, 0.5) is 0 Å². The highest BCUT2D eigenvalue weighted by atomic mass is 16.5. The Morgan fingerprint density at radius 3 is 2.00 bits per heavy atom. The Morgan fingerprint density at radius 2 is 1.44 bits per heavy atom. The molecule has 0 radical (unpaired) electrons. The van der Waals surface area contributed by atoms with E-state index in [1.54, 1.807) is 6.07 Å². The highest BCUT2D eigenvalue weighted by Gasteiger charge is 2.02. The Balaban J connectivity index is 2.26. The fourth-order valence-electron chi connectivity index (χ4n) is 1.74. The standard InChI is InChI=1S/C16H15NO/c1-11-4-6-15(8-12(11)2)18-16-7-5-14(10-17)13(3)9-16/h4-9H,1-3H3. The Morgan fingerprint density at radius 1 is 0.833 bits per heavy atom. The lowest BCUT2D eigenvalue weighted by Crippen LogP contribution is -1.89. The lowest BCUT2D eigenvalue weighted by Gasteiger charge is -2.09. The molecule has 0 aliphatic heterocycles. The third-order valence-corrected chi connectivity index (χ3v) is 3.03. The first-order valence-electron chi connectivity index (χ1n) is 5.86. The van der Waals surface area contributed by atoms with E-state index in [0.29, 0.717) is 5.56 Å². The summed E-state index contributed by atoms with van der Waals surface area (Å²) in [5.74, 6) is 1.58. The monoisotopic (exact) mass is 237 g/mol. The lowest BCUT2D eigenvalue weighted by molar-refractivity contribution is 0.481. The number of ether oxygens (including phenoxy) is 1. The third-order valence-electron chi connectivity index (χ3n) is 3.03. The van der Waals surface area contributed by atoms with Crippen LogP contribution < -0.4 is 4.74 Å². The van der Waals surface area contributed by atoms with Crippen LogP contribution in [0, 0.1) is 32.1 Å². The molecule has 0 amide bonds. The molecule has 0 heterocycles. The van der Waals surface area contributed by atoms with E-state index < -0.39 is 0 Å². The molecule has 2 aromatic rings. The normalized spacial score (nSPS) is 9.89. The molecule has 0 saturated carbocycles. The SMILES string of the molecule is Cc1ccc(Oc2ccc(C#N)c(C)c2)cc1C. The smallest absolute Gasteiger partial charge is 0.127 e. The molecule has 0 unspecified atom stereocenters. The van der Waals surface area contributed by atoms with Gasteiger partial charge < -0.3 is 4.74 Å². The lowest BCUT2D eigenvalue weighted by atomic mass is 10.1. The molecule has 2 heteroatoms. The van der Waals surface area contributed by atoms with Crippen molar-refractivity contribution in [2.24, 2.45) is 0 Å². The van der Waals surface area contributed by atoms with Gasteiger partial charge in [-0.05, 0) is 67.8 Å².